The summed E-state index contributed by atoms with van der Waals surface area (Å²) in [5.41, 5.74) is 9.61. The number of hydrogen-bond acceptors (Lipinski definition) is 4. The van der Waals surface area contributed by atoms with Gasteiger partial charge in [-0.25, -0.2) is 0 Å². The summed E-state index contributed by atoms with van der Waals surface area (Å²) < 4.78 is 2.25. The molecular weight excluding hydrogens is 372 g/mol. The van der Waals surface area contributed by atoms with E-state index in [1.807, 2.05) is 48.5 Å². The van der Waals surface area contributed by atoms with E-state index in [0.29, 0.717) is 12.0 Å². The number of fused-ring (bicyclic) bond motifs is 1. The highest BCUT2D eigenvalue weighted by molar-refractivity contribution is 5.94. The van der Waals surface area contributed by atoms with Crippen LogP contribution in [0.1, 0.15) is 49.0 Å². The van der Waals surface area contributed by atoms with Gasteiger partial charge in [0.15, 0.2) is 5.78 Å². The predicted molar refractivity (Wildman–Crippen MR) is 119 cm³/mol. The summed E-state index contributed by atoms with van der Waals surface area (Å²) in [5.74, 6) is 0.0807. The Morgan fingerprint density at radius 3 is 2.73 bits per heavy atom. The molecule has 5 nitrogen and oxygen atoms in total. The van der Waals surface area contributed by atoms with Gasteiger partial charge in [0.05, 0.1) is 23.2 Å². The average Bonchev–Trinajstić information content (AvgIpc) is 3.41. The Morgan fingerprint density at radius 1 is 1.27 bits per heavy atom. The second-order valence-corrected chi connectivity index (χ2v) is 8.13. The largest absolute Gasteiger partial charge is 0.345 e. The van der Waals surface area contributed by atoms with Gasteiger partial charge in [-0.1, -0.05) is 36.4 Å². The van der Waals surface area contributed by atoms with Crippen LogP contribution < -0.4 is 11.1 Å². The van der Waals surface area contributed by atoms with E-state index in [1.165, 1.54) is 5.69 Å². The number of benzene rings is 2. The molecule has 2 heterocycles. The van der Waals surface area contributed by atoms with Crippen molar-refractivity contribution in [3.8, 4) is 6.07 Å². The number of Topliss-reactive ketones (excluding diaryl/α,β-unsaturated/α-hetero) is 1. The number of hydrogen-bond donors (Lipinski definition) is 2. The molecule has 154 valence electrons. The summed E-state index contributed by atoms with van der Waals surface area (Å²) in [6.45, 7) is 3.78. The van der Waals surface area contributed by atoms with Crippen LogP contribution in [-0.2, 0) is 17.8 Å². The topological polar surface area (TPSA) is 83.8 Å². The fourth-order valence-corrected chi connectivity index (χ4v) is 4.77. The molecule has 0 unspecified atom stereocenters. The number of aromatic nitrogens is 1. The molecule has 1 aliphatic heterocycles. The van der Waals surface area contributed by atoms with Crippen molar-refractivity contribution in [2.45, 2.75) is 50.7 Å². The molecule has 2 aromatic carbocycles. The van der Waals surface area contributed by atoms with E-state index in [-0.39, 0.29) is 5.78 Å². The van der Waals surface area contributed by atoms with Crippen LogP contribution in [-0.4, -0.2) is 22.4 Å². The SMILES string of the molecule is CCn1c(CC[C@]2(C(=O)[C@H](N)c3ccccc3)CCCN2)cc2ccc(C#N)cc21. The van der Waals surface area contributed by atoms with Crippen LogP contribution in [0, 0.1) is 11.3 Å². The van der Waals surface area contributed by atoms with Gasteiger partial charge in [0, 0.05) is 17.8 Å². The second-order valence-electron chi connectivity index (χ2n) is 8.13. The van der Waals surface area contributed by atoms with Gasteiger partial charge in [-0.2, -0.15) is 5.26 Å². The minimum Gasteiger partial charge on any atom is -0.345 e. The van der Waals surface area contributed by atoms with E-state index in [9.17, 15) is 10.1 Å². The second kappa shape index (κ2) is 8.43. The minimum absolute atomic E-state index is 0.0807. The molecule has 0 aliphatic carbocycles. The molecule has 0 spiro atoms. The fraction of sp³-hybridized carbons (Fsp3) is 0.360. The number of nitrogens with zero attached hydrogens (tertiary/aromatic N) is 2. The Kier molecular flexibility index (Phi) is 5.72. The monoisotopic (exact) mass is 400 g/mol. The van der Waals surface area contributed by atoms with Crippen molar-refractivity contribution >= 4 is 16.7 Å². The predicted octanol–water partition coefficient (Wildman–Crippen LogP) is 3.86. The van der Waals surface area contributed by atoms with E-state index >= 15 is 0 Å². The first-order valence-corrected chi connectivity index (χ1v) is 10.7. The fourth-order valence-electron chi connectivity index (χ4n) is 4.77. The van der Waals surface area contributed by atoms with Gasteiger partial charge in [-0.15, -0.1) is 0 Å². The lowest BCUT2D eigenvalue weighted by atomic mass is 9.81. The quantitative estimate of drug-likeness (QED) is 0.631. The standard InChI is InChI=1S/C25H28N4O/c1-2-29-21(16-20-10-9-18(17-26)15-22(20)29)11-13-25(12-6-14-28-25)24(30)23(27)19-7-4-3-5-8-19/h3-5,7-10,15-16,23,28H,2,6,11-14,27H2,1H3/t23-,25+/m1/s1. The number of rotatable bonds is 7. The van der Waals surface area contributed by atoms with Gasteiger partial charge < -0.3 is 15.6 Å². The summed E-state index contributed by atoms with van der Waals surface area (Å²) in [6.07, 6.45) is 3.30. The molecular formula is C25H28N4O. The van der Waals surface area contributed by atoms with Gasteiger partial charge >= 0.3 is 0 Å². The zero-order chi connectivity index (χ0) is 21.1. The number of carbonyl (C=O) groups is 1. The maximum atomic E-state index is 13.5. The molecule has 1 saturated heterocycles. The normalized spacial score (nSPS) is 19.6. The molecule has 2 atom stereocenters. The first-order chi connectivity index (χ1) is 14.6. The van der Waals surface area contributed by atoms with Crippen molar-refractivity contribution in [1.82, 2.24) is 9.88 Å². The average molecular weight is 401 g/mol. The molecule has 1 aromatic heterocycles. The van der Waals surface area contributed by atoms with Gasteiger partial charge in [-0.3, -0.25) is 4.79 Å². The van der Waals surface area contributed by atoms with Crippen molar-refractivity contribution in [3.63, 3.8) is 0 Å². The first kappa shape index (κ1) is 20.3. The number of nitrogens with two attached hydrogens (primary N) is 1. The van der Waals surface area contributed by atoms with E-state index in [1.54, 1.807) is 0 Å². The zero-order valence-electron chi connectivity index (χ0n) is 17.4. The van der Waals surface area contributed by atoms with Crippen molar-refractivity contribution in [3.05, 3.63) is 71.4 Å². The zero-order valence-corrected chi connectivity index (χ0v) is 17.4. The summed E-state index contributed by atoms with van der Waals surface area (Å²) in [6, 6.07) is 19.2. The summed E-state index contributed by atoms with van der Waals surface area (Å²) in [7, 11) is 0. The van der Waals surface area contributed by atoms with E-state index in [4.69, 9.17) is 5.73 Å². The third-order valence-electron chi connectivity index (χ3n) is 6.40. The molecule has 0 bridgehead atoms. The van der Waals surface area contributed by atoms with Gasteiger partial charge in [0.25, 0.3) is 0 Å². The Hall–Kier alpha value is -2.94. The Labute approximate surface area is 177 Å². The number of nitriles is 1. The highest BCUT2D eigenvalue weighted by atomic mass is 16.1. The van der Waals surface area contributed by atoms with Crippen molar-refractivity contribution < 1.29 is 4.79 Å². The molecule has 0 amide bonds. The van der Waals surface area contributed by atoms with Gasteiger partial charge in [-0.05, 0) is 68.3 Å². The van der Waals surface area contributed by atoms with Gasteiger partial charge in [0.2, 0.25) is 0 Å². The van der Waals surface area contributed by atoms with E-state index in [0.717, 1.165) is 48.8 Å². The van der Waals surface area contributed by atoms with Crippen LogP contribution >= 0.6 is 0 Å². The van der Waals surface area contributed by atoms with Gasteiger partial charge in [0.1, 0.15) is 0 Å². The lowest BCUT2D eigenvalue weighted by Crippen LogP contribution is -2.51. The summed E-state index contributed by atoms with van der Waals surface area (Å²) >= 11 is 0. The maximum absolute atomic E-state index is 13.5. The number of ketones is 1. The Bertz CT molecular complexity index is 1090. The first-order valence-electron chi connectivity index (χ1n) is 10.7. The van der Waals surface area contributed by atoms with E-state index < -0.39 is 11.6 Å². The lowest BCUT2D eigenvalue weighted by Gasteiger charge is -2.31. The molecule has 0 saturated carbocycles. The van der Waals surface area contributed by atoms with Crippen molar-refractivity contribution in [2.75, 3.05) is 6.54 Å². The smallest absolute Gasteiger partial charge is 0.173 e. The Balaban J connectivity index is 1.60. The van der Waals surface area contributed by atoms with Crippen LogP contribution in [0.5, 0.6) is 0 Å². The maximum Gasteiger partial charge on any atom is 0.173 e. The number of nitrogens with one attached hydrogen (secondary N) is 1. The number of aryl methyl sites for hydroxylation is 2. The highest BCUT2D eigenvalue weighted by Crippen LogP contribution is 2.32. The van der Waals surface area contributed by atoms with Crippen molar-refractivity contribution in [1.29, 1.82) is 5.26 Å². The summed E-state index contributed by atoms with van der Waals surface area (Å²) in [4.78, 5) is 13.5. The highest BCUT2D eigenvalue weighted by Gasteiger charge is 2.43. The van der Waals surface area contributed by atoms with Crippen LogP contribution in [0.4, 0.5) is 0 Å². The van der Waals surface area contributed by atoms with Crippen LogP contribution in [0.2, 0.25) is 0 Å². The van der Waals surface area contributed by atoms with Crippen molar-refractivity contribution in [2.24, 2.45) is 5.73 Å². The molecule has 5 heteroatoms. The molecule has 3 N–H and O–H groups in total. The molecule has 1 fully saturated rings. The lowest BCUT2D eigenvalue weighted by molar-refractivity contribution is -0.126. The third kappa shape index (κ3) is 3.65. The number of carbonyl (C=O) groups excluding carboxylic acids is 1. The molecule has 0 radical (unpaired) electrons. The molecule has 3 aromatic rings. The Morgan fingerprint density at radius 2 is 2.07 bits per heavy atom. The minimum atomic E-state index is -0.619. The summed E-state index contributed by atoms with van der Waals surface area (Å²) in [5, 5.41) is 13.9. The third-order valence-corrected chi connectivity index (χ3v) is 6.40. The van der Waals surface area contributed by atoms with Crippen LogP contribution in [0.3, 0.4) is 0 Å². The molecule has 4 rings (SSSR count). The van der Waals surface area contributed by atoms with Crippen LogP contribution in [0.15, 0.2) is 54.6 Å². The molecule has 30 heavy (non-hydrogen) atoms. The molecule has 1 aliphatic rings. The van der Waals surface area contributed by atoms with E-state index in [2.05, 4.69) is 28.9 Å². The van der Waals surface area contributed by atoms with Crippen LogP contribution in [0.25, 0.3) is 10.9 Å².